The van der Waals surface area contributed by atoms with E-state index < -0.39 is 0 Å². The highest BCUT2D eigenvalue weighted by Crippen LogP contribution is 2.33. The molecule has 5 nitrogen and oxygen atoms in total. The highest BCUT2D eigenvalue weighted by atomic mass is 19.1. The third kappa shape index (κ3) is 3.59. The van der Waals surface area contributed by atoms with E-state index in [2.05, 4.69) is 10.4 Å². The highest BCUT2D eigenvalue weighted by molar-refractivity contribution is 5.70. The van der Waals surface area contributed by atoms with Crippen molar-refractivity contribution in [1.29, 1.82) is 0 Å². The minimum Gasteiger partial charge on any atom is -0.496 e. The number of methoxy groups -OCH3 is 2. The fourth-order valence-electron chi connectivity index (χ4n) is 2.18. The van der Waals surface area contributed by atoms with Gasteiger partial charge in [0, 0.05) is 39.0 Å². The first-order valence-corrected chi connectivity index (χ1v) is 6.72. The van der Waals surface area contributed by atoms with Crippen LogP contribution in [0.4, 0.5) is 4.39 Å². The minimum absolute atomic E-state index is 0.341. The predicted octanol–water partition coefficient (Wildman–Crippen LogP) is 1.97. The van der Waals surface area contributed by atoms with Crippen LogP contribution in [0.2, 0.25) is 0 Å². The zero-order valence-corrected chi connectivity index (χ0v) is 12.5. The predicted molar refractivity (Wildman–Crippen MR) is 78.7 cm³/mol. The maximum atomic E-state index is 14.2. The molecule has 21 heavy (non-hydrogen) atoms. The van der Waals surface area contributed by atoms with Crippen LogP contribution in [0.3, 0.4) is 0 Å². The second-order valence-electron chi connectivity index (χ2n) is 4.66. The number of rotatable bonds is 7. The Labute approximate surface area is 123 Å². The molecule has 0 unspecified atom stereocenters. The highest BCUT2D eigenvalue weighted by Gasteiger charge is 2.18. The topological polar surface area (TPSA) is 48.3 Å². The Hall–Kier alpha value is -1.92. The monoisotopic (exact) mass is 293 g/mol. The molecule has 0 saturated heterocycles. The Morgan fingerprint density at radius 2 is 2.14 bits per heavy atom. The molecule has 0 fully saturated rings. The number of nitrogens with zero attached hydrogens (tertiary/aromatic N) is 2. The normalized spacial score (nSPS) is 10.9. The van der Waals surface area contributed by atoms with Gasteiger partial charge in [-0.1, -0.05) is 6.07 Å². The van der Waals surface area contributed by atoms with E-state index in [1.165, 1.54) is 13.2 Å². The Kier molecular flexibility index (Phi) is 5.30. The van der Waals surface area contributed by atoms with Crippen LogP contribution in [0.1, 0.15) is 5.56 Å². The second kappa shape index (κ2) is 7.19. The Morgan fingerprint density at radius 3 is 2.86 bits per heavy atom. The molecular formula is C15H20FN3O2. The number of hydrogen-bond donors (Lipinski definition) is 1. The van der Waals surface area contributed by atoms with E-state index in [0.717, 1.165) is 12.1 Å². The van der Waals surface area contributed by atoms with Gasteiger partial charge >= 0.3 is 0 Å². The van der Waals surface area contributed by atoms with Crippen molar-refractivity contribution in [3.05, 3.63) is 35.8 Å². The molecule has 0 amide bonds. The van der Waals surface area contributed by atoms with E-state index in [1.54, 1.807) is 23.9 Å². The van der Waals surface area contributed by atoms with Crippen LogP contribution in [-0.2, 0) is 18.3 Å². The maximum absolute atomic E-state index is 14.2. The SMILES string of the molecule is COCCNCc1cn(C)nc1-c1c(F)cccc1OC. The molecule has 1 N–H and O–H groups in total. The third-order valence-electron chi connectivity index (χ3n) is 3.14. The molecule has 0 radical (unpaired) electrons. The summed E-state index contributed by atoms with van der Waals surface area (Å²) in [6.07, 6.45) is 1.88. The lowest BCUT2D eigenvalue weighted by Crippen LogP contribution is -2.18. The molecule has 1 aromatic heterocycles. The van der Waals surface area contributed by atoms with Crippen LogP contribution in [-0.4, -0.2) is 37.2 Å². The van der Waals surface area contributed by atoms with Gasteiger partial charge in [0.25, 0.3) is 0 Å². The molecule has 2 aromatic rings. The van der Waals surface area contributed by atoms with Crippen molar-refractivity contribution < 1.29 is 13.9 Å². The van der Waals surface area contributed by atoms with Crippen molar-refractivity contribution in [2.24, 2.45) is 7.05 Å². The van der Waals surface area contributed by atoms with Crippen molar-refractivity contribution in [2.45, 2.75) is 6.54 Å². The summed E-state index contributed by atoms with van der Waals surface area (Å²) in [5, 5.41) is 7.62. The Balaban J connectivity index is 2.31. The van der Waals surface area contributed by atoms with Gasteiger partial charge in [-0.25, -0.2) is 4.39 Å². The lowest BCUT2D eigenvalue weighted by atomic mass is 10.1. The maximum Gasteiger partial charge on any atom is 0.136 e. The van der Waals surface area contributed by atoms with Crippen molar-refractivity contribution in [1.82, 2.24) is 15.1 Å². The number of ether oxygens (including phenoxy) is 2. The smallest absolute Gasteiger partial charge is 0.136 e. The largest absolute Gasteiger partial charge is 0.496 e. The van der Waals surface area contributed by atoms with Crippen LogP contribution in [0.5, 0.6) is 5.75 Å². The summed E-state index contributed by atoms with van der Waals surface area (Å²) in [5.41, 5.74) is 1.90. The van der Waals surface area contributed by atoms with Gasteiger partial charge in [0.1, 0.15) is 17.3 Å². The number of nitrogens with one attached hydrogen (secondary N) is 1. The van der Waals surface area contributed by atoms with Gasteiger partial charge in [0.05, 0.1) is 19.3 Å². The van der Waals surface area contributed by atoms with E-state index in [-0.39, 0.29) is 5.82 Å². The number of aromatic nitrogens is 2. The zero-order chi connectivity index (χ0) is 15.2. The summed E-state index contributed by atoms with van der Waals surface area (Å²) < 4.78 is 26.1. The first-order chi connectivity index (χ1) is 10.2. The van der Waals surface area contributed by atoms with Gasteiger partial charge < -0.3 is 14.8 Å². The molecule has 0 aliphatic rings. The van der Waals surface area contributed by atoms with Crippen molar-refractivity contribution >= 4 is 0 Å². The third-order valence-corrected chi connectivity index (χ3v) is 3.14. The first-order valence-electron chi connectivity index (χ1n) is 6.72. The van der Waals surface area contributed by atoms with E-state index in [4.69, 9.17) is 9.47 Å². The molecule has 0 aliphatic carbocycles. The summed E-state index contributed by atoms with van der Waals surface area (Å²) in [6, 6.07) is 4.76. The van der Waals surface area contributed by atoms with Gasteiger partial charge in [0.2, 0.25) is 0 Å². The van der Waals surface area contributed by atoms with Gasteiger partial charge in [-0.15, -0.1) is 0 Å². The van der Waals surface area contributed by atoms with Gasteiger partial charge in [-0.05, 0) is 12.1 Å². The summed E-state index contributed by atoms with van der Waals surface area (Å²) in [5.74, 6) is 0.137. The van der Waals surface area contributed by atoms with E-state index in [9.17, 15) is 4.39 Å². The summed E-state index contributed by atoms with van der Waals surface area (Å²) >= 11 is 0. The molecule has 1 aromatic carbocycles. The van der Waals surface area contributed by atoms with Crippen LogP contribution in [0.15, 0.2) is 24.4 Å². The lowest BCUT2D eigenvalue weighted by Gasteiger charge is -2.09. The Bertz CT molecular complexity index is 599. The fourth-order valence-corrected chi connectivity index (χ4v) is 2.18. The van der Waals surface area contributed by atoms with E-state index in [0.29, 0.717) is 30.2 Å². The first kappa shape index (κ1) is 15.5. The van der Waals surface area contributed by atoms with Gasteiger partial charge in [0.15, 0.2) is 0 Å². The molecule has 0 aliphatic heterocycles. The zero-order valence-electron chi connectivity index (χ0n) is 12.5. The Morgan fingerprint density at radius 1 is 1.33 bits per heavy atom. The molecular weight excluding hydrogens is 273 g/mol. The number of benzene rings is 1. The fraction of sp³-hybridized carbons (Fsp3) is 0.400. The average molecular weight is 293 g/mol. The lowest BCUT2D eigenvalue weighted by molar-refractivity contribution is 0.199. The molecule has 0 spiro atoms. The number of aryl methyl sites for hydroxylation is 1. The standard InChI is InChI=1S/C15H20FN3O2/c1-19-10-11(9-17-7-8-20-2)15(18-19)14-12(16)5-4-6-13(14)21-3/h4-6,10,17H,7-9H2,1-3H3. The van der Waals surface area contributed by atoms with E-state index in [1.807, 2.05) is 13.2 Å². The minimum atomic E-state index is -0.341. The summed E-state index contributed by atoms with van der Waals surface area (Å²) in [7, 11) is 4.99. The van der Waals surface area contributed by atoms with E-state index >= 15 is 0 Å². The molecule has 0 atom stereocenters. The van der Waals surface area contributed by atoms with Crippen molar-refractivity contribution in [3.63, 3.8) is 0 Å². The molecule has 6 heteroatoms. The quantitative estimate of drug-likeness (QED) is 0.793. The summed E-state index contributed by atoms with van der Waals surface area (Å²) in [6.45, 7) is 1.93. The number of halogens is 1. The molecule has 114 valence electrons. The van der Waals surface area contributed by atoms with Gasteiger partial charge in [-0.3, -0.25) is 4.68 Å². The average Bonchev–Trinajstić information content (AvgIpc) is 2.84. The molecule has 0 saturated carbocycles. The molecule has 0 bridgehead atoms. The molecule has 1 heterocycles. The van der Waals surface area contributed by atoms with Crippen LogP contribution >= 0.6 is 0 Å². The summed E-state index contributed by atoms with van der Waals surface area (Å²) in [4.78, 5) is 0. The van der Waals surface area contributed by atoms with Crippen molar-refractivity contribution in [2.75, 3.05) is 27.4 Å². The van der Waals surface area contributed by atoms with Crippen LogP contribution < -0.4 is 10.1 Å². The number of hydrogen-bond acceptors (Lipinski definition) is 4. The second-order valence-corrected chi connectivity index (χ2v) is 4.66. The van der Waals surface area contributed by atoms with Crippen LogP contribution in [0, 0.1) is 5.82 Å². The van der Waals surface area contributed by atoms with Crippen molar-refractivity contribution in [3.8, 4) is 17.0 Å². The van der Waals surface area contributed by atoms with Crippen LogP contribution in [0.25, 0.3) is 11.3 Å². The molecule has 2 rings (SSSR count). The van der Waals surface area contributed by atoms with Gasteiger partial charge in [-0.2, -0.15) is 5.10 Å².